The van der Waals surface area contributed by atoms with Gasteiger partial charge in [-0.2, -0.15) is 0 Å². The van der Waals surface area contributed by atoms with E-state index < -0.39 is 0 Å². The van der Waals surface area contributed by atoms with Crippen LogP contribution in [-0.4, -0.2) is 30.6 Å². The number of hydrogen-bond acceptors (Lipinski definition) is 2. The lowest BCUT2D eigenvalue weighted by molar-refractivity contribution is 0.120. The van der Waals surface area contributed by atoms with Crippen molar-refractivity contribution in [2.45, 2.75) is 65.5 Å². The van der Waals surface area contributed by atoms with Gasteiger partial charge in [0.05, 0.1) is 6.54 Å². The number of benzene rings is 1. The van der Waals surface area contributed by atoms with E-state index in [1.165, 1.54) is 16.7 Å². The maximum atomic E-state index is 3.32. The van der Waals surface area contributed by atoms with Gasteiger partial charge in [-0.25, -0.2) is 0 Å². The molecule has 0 saturated carbocycles. The molecule has 1 aromatic carbocycles. The van der Waals surface area contributed by atoms with E-state index in [0.717, 1.165) is 31.6 Å². The molecule has 0 aromatic heterocycles. The van der Waals surface area contributed by atoms with Crippen LogP contribution in [0.25, 0.3) is 0 Å². The van der Waals surface area contributed by atoms with Gasteiger partial charge in [0.1, 0.15) is 0 Å². The molecule has 0 amide bonds. The third kappa shape index (κ3) is 4.37. The van der Waals surface area contributed by atoms with Crippen LogP contribution in [0.4, 0.5) is 0 Å². The monoisotopic (exact) mass is 312 g/mol. The van der Waals surface area contributed by atoms with Gasteiger partial charge in [0.15, 0.2) is 0 Å². The van der Waals surface area contributed by atoms with Crippen LogP contribution >= 0.6 is 0 Å². The standard InChI is InChI=1S/C21H32N2/c1-20(2,3)19-14-16(9-8-11-22-7)13-17-10-12-23(15-18(17)19)21(4,5)6/h13-14,22H,10-12,15H2,1-7H3. The predicted molar refractivity (Wildman–Crippen MR) is 99.8 cm³/mol. The highest BCUT2D eigenvalue weighted by atomic mass is 15.2. The molecule has 0 unspecified atom stereocenters. The SMILES string of the molecule is CNCC#Cc1cc2c(c(C(C)(C)C)c1)CN(C(C)(C)C)CC2. The Hall–Kier alpha value is -1.30. The van der Waals surface area contributed by atoms with Crippen LogP contribution < -0.4 is 5.32 Å². The Labute approximate surface area is 142 Å². The zero-order valence-corrected chi connectivity index (χ0v) is 15.9. The van der Waals surface area contributed by atoms with E-state index in [-0.39, 0.29) is 11.0 Å². The quantitative estimate of drug-likeness (QED) is 0.795. The second-order valence-electron chi connectivity index (χ2n) is 8.59. The maximum Gasteiger partial charge on any atom is 0.0577 e. The highest BCUT2D eigenvalue weighted by molar-refractivity contribution is 5.49. The molecule has 0 radical (unpaired) electrons. The first kappa shape index (κ1) is 18.0. The van der Waals surface area contributed by atoms with Gasteiger partial charge in [0, 0.05) is 24.2 Å². The molecular formula is C21H32N2. The molecule has 1 aliphatic rings. The molecule has 1 aromatic rings. The first-order chi connectivity index (χ1) is 10.6. The van der Waals surface area contributed by atoms with Crippen molar-refractivity contribution in [3.8, 4) is 11.8 Å². The summed E-state index contributed by atoms with van der Waals surface area (Å²) in [6.45, 7) is 16.8. The summed E-state index contributed by atoms with van der Waals surface area (Å²) in [5, 5.41) is 3.09. The van der Waals surface area contributed by atoms with Crippen LogP contribution in [0.5, 0.6) is 0 Å². The van der Waals surface area contributed by atoms with E-state index in [9.17, 15) is 0 Å². The van der Waals surface area contributed by atoms with E-state index in [1.807, 2.05) is 7.05 Å². The van der Waals surface area contributed by atoms with Crippen molar-refractivity contribution in [3.63, 3.8) is 0 Å². The van der Waals surface area contributed by atoms with Crippen molar-refractivity contribution in [1.29, 1.82) is 0 Å². The van der Waals surface area contributed by atoms with Crippen molar-refractivity contribution >= 4 is 0 Å². The normalized spacial score (nSPS) is 15.8. The fourth-order valence-corrected chi connectivity index (χ4v) is 3.22. The zero-order valence-electron chi connectivity index (χ0n) is 15.9. The summed E-state index contributed by atoms with van der Waals surface area (Å²) in [7, 11) is 1.93. The average molecular weight is 313 g/mol. The van der Waals surface area contributed by atoms with Crippen molar-refractivity contribution < 1.29 is 0 Å². The van der Waals surface area contributed by atoms with E-state index in [2.05, 4.69) is 75.7 Å². The average Bonchev–Trinajstić information content (AvgIpc) is 2.44. The van der Waals surface area contributed by atoms with Gasteiger partial charge in [0.25, 0.3) is 0 Å². The minimum Gasteiger partial charge on any atom is -0.309 e. The molecule has 0 atom stereocenters. The number of hydrogen-bond donors (Lipinski definition) is 1. The molecule has 1 heterocycles. The van der Waals surface area contributed by atoms with Gasteiger partial charge in [-0.1, -0.05) is 32.6 Å². The maximum absolute atomic E-state index is 3.32. The molecule has 1 aliphatic heterocycles. The molecule has 2 heteroatoms. The fraction of sp³-hybridized carbons (Fsp3) is 0.619. The van der Waals surface area contributed by atoms with E-state index >= 15 is 0 Å². The van der Waals surface area contributed by atoms with E-state index in [4.69, 9.17) is 0 Å². The van der Waals surface area contributed by atoms with Crippen LogP contribution in [0.2, 0.25) is 0 Å². The number of nitrogens with one attached hydrogen (secondary N) is 1. The molecule has 126 valence electrons. The Morgan fingerprint density at radius 1 is 1.13 bits per heavy atom. The van der Waals surface area contributed by atoms with Crippen LogP contribution in [-0.2, 0) is 18.4 Å². The molecule has 0 fully saturated rings. The smallest absolute Gasteiger partial charge is 0.0577 e. The topological polar surface area (TPSA) is 15.3 Å². The van der Waals surface area contributed by atoms with Crippen LogP contribution in [0.15, 0.2) is 12.1 Å². The molecule has 2 rings (SSSR count). The van der Waals surface area contributed by atoms with Crippen LogP contribution in [0, 0.1) is 11.8 Å². The number of rotatable bonds is 1. The summed E-state index contributed by atoms with van der Waals surface area (Å²) in [6.07, 6.45) is 1.12. The van der Waals surface area contributed by atoms with E-state index in [1.54, 1.807) is 0 Å². The Balaban J connectivity index is 2.47. The highest BCUT2D eigenvalue weighted by Gasteiger charge is 2.30. The summed E-state index contributed by atoms with van der Waals surface area (Å²) in [5.41, 5.74) is 6.00. The van der Waals surface area contributed by atoms with Crippen LogP contribution in [0.1, 0.15) is 63.8 Å². The Bertz CT molecular complexity index is 618. The molecule has 0 saturated heterocycles. The summed E-state index contributed by atoms with van der Waals surface area (Å²) in [6, 6.07) is 4.63. The Morgan fingerprint density at radius 3 is 2.39 bits per heavy atom. The fourth-order valence-electron chi connectivity index (χ4n) is 3.22. The number of nitrogens with zero attached hydrogens (tertiary/aromatic N) is 1. The van der Waals surface area contributed by atoms with Gasteiger partial charge < -0.3 is 5.32 Å². The van der Waals surface area contributed by atoms with Gasteiger partial charge in [-0.05, 0) is 68.5 Å². The zero-order chi connectivity index (χ0) is 17.3. The number of fused-ring (bicyclic) bond motifs is 1. The summed E-state index contributed by atoms with van der Waals surface area (Å²) >= 11 is 0. The van der Waals surface area contributed by atoms with Crippen molar-refractivity contribution in [2.75, 3.05) is 20.1 Å². The lowest BCUT2D eigenvalue weighted by atomic mass is 9.79. The summed E-state index contributed by atoms with van der Waals surface area (Å²) in [5.74, 6) is 6.52. The molecule has 1 N–H and O–H groups in total. The Morgan fingerprint density at radius 2 is 1.83 bits per heavy atom. The minimum absolute atomic E-state index is 0.145. The third-order valence-corrected chi connectivity index (χ3v) is 4.60. The molecule has 2 nitrogen and oxygen atoms in total. The molecule has 23 heavy (non-hydrogen) atoms. The van der Waals surface area contributed by atoms with Gasteiger partial charge >= 0.3 is 0 Å². The first-order valence-electron chi connectivity index (χ1n) is 8.67. The van der Waals surface area contributed by atoms with Crippen molar-refractivity contribution in [1.82, 2.24) is 10.2 Å². The van der Waals surface area contributed by atoms with Gasteiger partial charge in [-0.3, -0.25) is 4.90 Å². The molecular weight excluding hydrogens is 280 g/mol. The summed E-state index contributed by atoms with van der Waals surface area (Å²) < 4.78 is 0. The Kier molecular flexibility index (Phi) is 5.23. The lowest BCUT2D eigenvalue weighted by Crippen LogP contribution is -2.45. The lowest BCUT2D eigenvalue weighted by Gasteiger charge is -2.41. The predicted octanol–water partition coefficient (Wildman–Crippen LogP) is 3.71. The minimum atomic E-state index is 0.145. The third-order valence-electron chi connectivity index (χ3n) is 4.60. The second-order valence-corrected chi connectivity index (χ2v) is 8.59. The van der Waals surface area contributed by atoms with Crippen molar-refractivity contribution in [2.24, 2.45) is 0 Å². The van der Waals surface area contributed by atoms with Crippen molar-refractivity contribution in [3.05, 3.63) is 34.4 Å². The molecule has 0 aliphatic carbocycles. The molecule has 0 spiro atoms. The second kappa shape index (κ2) is 6.67. The van der Waals surface area contributed by atoms with Gasteiger partial charge in [-0.15, -0.1) is 0 Å². The first-order valence-corrected chi connectivity index (χ1v) is 8.67. The van der Waals surface area contributed by atoms with E-state index in [0.29, 0.717) is 0 Å². The highest BCUT2D eigenvalue weighted by Crippen LogP contribution is 2.34. The largest absolute Gasteiger partial charge is 0.309 e. The van der Waals surface area contributed by atoms with Gasteiger partial charge in [0.2, 0.25) is 0 Å². The summed E-state index contributed by atoms with van der Waals surface area (Å²) in [4.78, 5) is 2.59. The van der Waals surface area contributed by atoms with Crippen LogP contribution in [0.3, 0.4) is 0 Å². The molecule has 0 bridgehead atoms.